The number of aryl methyl sites for hydroxylation is 1. The van der Waals surface area contributed by atoms with Gasteiger partial charge in [0.15, 0.2) is 4.83 Å². The second kappa shape index (κ2) is 4.65. The Morgan fingerprint density at radius 2 is 2.19 bits per heavy atom. The minimum atomic E-state index is -4.65. The van der Waals surface area contributed by atoms with Gasteiger partial charge in [-0.2, -0.15) is 17.5 Å². The third kappa shape index (κ3) is 2.42. The molecule has 3 heterocycles. The van der Waals surface area contributed by atoms with Crippen molar-refractivity contribution in [2.75, 3.05) is 0 Å². The van der Waals surface area contributed by atoms with Crippen LogP contribution in [0.2, 0.25) is 0 Å². The highest BCUT2D eigenvalue weighted by atomic mass is 32.1. The first-order valence-electron chi connectivity index (χ1n) is 5.69. The number of halogens is 3. The Morgan fingerprint density at radius 3 is 2.86 bits per heavy atom. The monoisotopic (exact) mass is 316 g/mol. The summed E-state index contributed by atoms with van der Waals surface area (Å²) in [5.74, 6) is -1.34. The average molecular weight is 316 g/mol. The second-order valence-electron chi connectivity index (χ2n) is 4.27. The van der Waals surface area contributed by atoms with Crippen LogP contribution >= 0.6 is 11.5 Å². The molecule has 0 saturated heterocycles. The zero-order valence-corrected chi connectivity index (χ0v) is 11.3. The van der Waals surface area contributed by atoms with E-state index < -0.39 is 12.1 Å². The molecule has 0 atom stereocenters. The van der Waals surface area contributed by atoms with Gasteiger partial charge in [-0.25, -0.2) is 9.97 Å². The molecule has 10 heteroatoms. The number of nitrogens with zero attached hydrogens (tertiary/aromatic N) is 4. The summed E-state index contributed by atoms with van der Waals surface area (Å²) < 4.78 is 46.7. The summed E-state index contributed by atoms with van der Waals surface area (Å²) in [6, 6.07) is 0. The van der Waals surface area contributed by atoms with Crippen molar-refractivity contribution in [3.63, 3.8) is 0 Å². The standard InChI is InChI=1S/C11H7F3N4O2S/c1-5-7-8(21-17-5)15-4-18(9(7)19)2-6-3-20-10(16-6)11(12,13)14/h3-4H,2H2,1H3. The molecule has 3 rings (SSSR count). The highest BCUT2D eigenvalue weighted by Crippen LogP contribution is 2.28. The number of oxazole rings is 1. The average Bonchev–Trinajstić information content (AvgIpc) is 3.00. The molecule has 0 radical (unpaired) electrons. The van der Waals surface area contributed by atoms with E-state index in [4.69, 9.17) is 0 Å². The van der Waals surface area contributed by atoms with E-state index in [-0.39, 0.29) is 17.8 Å². The van der Waals surface area contributed by atoms with E-state index in [2.05, 4.69) is 18.8 Å². The van der Waals surface area contributed by atoms with Crippen molar-refractivity contribution < 1.29 is 17.6 Å². The minimum Gasteiger partial charge on any atom is -0.441 e. The molecule has 6 nitrogen and oxygen atoms in total. The topological polar surface area (TPSA) is 73.8 Å². The molecule has 0 aliphatic rings. The lowest BCUT2D eigenvalue weighted by Crippen LogP contribution is -2.21. The molecule has 0 aliphatic carbocycles. The van der Waals surface area contributed by atoms with Crippen molar-refractivity contribution in [1.29, 1.82) is 0 Å². The SMILES string of the molecule is Cc1nsc2ncn(Cc3coc(C(F)(F)F)n3)c(=O)c12. The van der Waals surface area contributed by atoms with Gasteiger partial charge in [0.2, 0.25) is 0 Å². The van der Waals surface area contributed by atoms with Crippen LogP contribution in [0.25, 0.3) is 10.2 Å². The summed E-state index contributed by atoms with van der Waals surface area (Å²) in [5, 5.41) is 0.363. The molecule has 0 aromatic carbocycles. The zero-order chi connectivity index (χ0) is 15.2. The van der Waals surface area contributed by atoms with Crippen molar-refractivity contribution in [2.45, 2.75) is 19.6 Å². The van der Waals surface area contributed by atoms with Gasteiger partial charge >= 0.3 is 12.1 Å². The van der Waals surface area contributed by atoms with Gasteiger partial charge < -0.3 is 4.42 Å². The summed E-state index contributed by atoms with van der Waals surface area (Å²) in [6.07, 6.45) is -2.53. The van der Waals surface area contributed by atoms with Crippen LogP contribution in [0.3, 0.4) is 0 Å². The van der Waals surface area contributed by atoms with Crippen LogP contribution in [0.4, 0.5) is 13.2 Å². The summed E-state index contributed by atoms with van der Waals surface area (Å²) in [6.45, 7) is 1.51. The summed E-state index contributed by atoms with van der Waals surface area (Å²) >= 11 is 1.09. The van der Waals surface area contributed by atoms with Gasteiger partial charge in [-0.1, -0.05) is 0 Å². The first-order valence-corrected chi connectivity index (χ1v) is 6.46. The van der Waals surface area contributed by atoms with Crippen molar-refractivity contribution in [1.82, 2.24) is 18.9 Å². The normalized spacial score (nSPS) is 12.2. The number of rotatable bonds is 2. The lowest BCUT2D eigenvalue weighted by atomic mass is 10.3. The molecule has 0 fully saturated rings. The lowest BCUT2D eigenvalue weighted by Gasteiger charge is -2.02. The fourth-order valence-electron chi connectivity index (χ4n) is 1.81. The molecule has 21 heavy (non-hydrogen) atoms. The number of alkyl halides is 3. The lowest BCUT2D eigenvalue weighted by molar-refractivity contribution is -0.157. The van der Waals surface area contributed by atoms with Gasteiger partial charge in [0.1, 0.15) is 6.26 Å². The Labute approximate surface area is 119 Å². The second-order valence-corrected chi connectivity index (χ2v) is 5.02. The van der Waals surface area contributed by atoms with E-state index >= 15 is 0 Å². The van der Waals surface area contributed by atoms with Crippen molar-refractivity contribution in [2.24, 2.45) is 0 Å². The number of aromatic nitrogens is 4. The van der Waals surface area contributed by atoms with E-state index in [0.29, 0.717) is 15.9 Å². The molecule has 0 amide bonds. The Bertz CT molecular complexity index is 864. The summed E-state index contributed by atoms with van der Waals surface area (Å²) in [7, 11) is 0. The van der Waals surface area contributed by atoms with Gasteiger partial charge in [0.05, 0.1) is 29.6 Å². The molecular weight excluding hydrogens is 309 g/mol. The Hall–Kier alpha value is -2.23. The third-order valence-corrected chi connectivity index (χ3v) is 3.61. The smallest absolute Gasteiger partial charge is 0.441 e. The molecule has 0 saturated carbocycles. The van der Waals surface area contributed by atoms with Crippen LogP contribution < -0.4 is 5.56 Å². The summed E-state index contributed by atoms with van der Waals surface area (Å²) in [5.41, 5.74) is 0.159. The van der Waals surface area contributed by atoms with Gasteiger partial charge in [0.25, 0.3) is 5.56 Å². The number of hydrogen-bond acceptors (Lipinski definition) is 6. The van der Waals surface area contributed by atoms with Crippen LogP contribution in [-0.2, 0) is 12.7 Å². The predicted octanol–water partition coefficient (Wildman–Crippen LogP) is 2.22. The molecule has 0 unspecified atom stereocenters. The maximum Gasteiger partial charge on any atom is 0.468 e. The maximum atomic E-state index is 12.4. The zero-order valence-electron chi connectivity index (χ0n) is 10.5. The van der Waals surface area contributed by atoms with Gasteiger partial charge in [-0.3, -0.25) is 9.36 Å². The Morgan fingerprint density at radius 1 is 1.43 bits per heavy atom. The first-order chi connectivity index (χ1) is 9.86. The molecule has 0 N–H and O–H groups in total. The Balaban J connectivity index is 1.99. The van der Waals surface area contributed by atoms with E-state index in [1.807, 2.05) is 0 Å². The molecular formula is C11H7F3N4O2S. The highest BCUT2D eigenvalue weighted by molar-refractivity contribution is 7.12. The Kier molecular flexibility index (Phi) is 3.04. The highest BCUT2D eigenvalue weighted by Gasteiger charge is 2.37. The largest absolute Gasteiger partial charge is 0.468 e. The van der Waals surface area contributed by atoms with Crippen LogP contribution in [0.1, 0.15) is 17.3 Å². The number of hydrogen-bond donors (Lipinski definition) is 0. The van der Waals surface area contributed by atoms with Crippen LogP contribution in [0.5, 0.6) is 0 Å². The van der Waals surface area contributed by atoms with Crippen molar-refractivity contribution in [3.05, 3.63) is 40.2 Å². The van der Waals surface area contributed by atoms with Gasteiger partial charge in [-0.15, -0.1) is 0 Å². The van der Waals surface area contributed by atoms with Crippen molar-refractivity contribution >= 4 is 21.7 Å². The molecule has 110 valence electrons. The fourth-order valence-corrected chi connectivity index (χ4v) is 2.54. The minimum absolute atomic E-state index is 0.00795. The van der Waals surface area contributed by atoms with E-state index in [1.165, 1.54) is 10.9 Å². The molecule has 0 bridgehead atoms. The quantitative estimate of drug-likeness (QED) is 0.725. The van der Waals surface area contributed by atoms with E-state index in [9.17, 15) is 18.0 Å². The van der Waals surface area contributed by atoms with E-state index in [1.54, 1.807) is 6.92 Å². The predicted molar refractivity (Wildman–Crippen MR) is 67.0 cm³/mol. The molecule has 3 aromatic heterocycles. The van der Waals surface area contributed by atoms with Crippen LogP contribution in [0.15, 0.2) is 21.8 Å². The molecule has 3 aromatic rings. The summed E-state index contributed by atoms with van der Waals surface area (Å²) in [4.78, 5) is 20.1. The van der Waals surface area contributed by atoms with Crippen LogP contribution in [0, 0.1) is 6.92 Å². The third-order valence-electron chi connectivity index (χ3n) is 2.76. The number of fused-ring (bicyclic) bond motifs is 1. The van der Waals surface area contributed by atoms with Gasteiger partial charge in [-0.05, 0) is 18.5 Å². The van der Waals surface area contributed by atoms with E-state index in [0.717, 1.165) is 17.8 Å². The van der Waals surface area contributed by atoms with Crippen LogP contribution in [-0.4, -0.2) is 18.9 Å². The fraction of sp³-hybridized carbons (Fsp3) is 0.273. The van der Waals surface area contributed by atoms with Gasteiger partial charge in [0, 0.05) is 0 Å². The molecule has 0 spiro atoms. The molecule has 0 aliphatic heterocycles. The first kappa shape index (κ1) is 13.7. The maximum absolute atomic E-state index is 12.4. The van der Waals surface area contributed by atoms with Crippen molar-refractivity contribution in [3.8, 4) is 0 Å².